The fourth-order valence-corrected chi connectivity index (χ4v) is 5.79. The number of nitrogens with two attached hydrogens (primary N) is 1. The second-order valence-corrected chi connectivity index (χ2v) is 11.2. The molecule has 2 N–H and O–H groups in total. The molecule has 36 heavy (non-hydrogen) atoms. The molecule has 1 aliphatic heterocycles. The Morgan fingerprint density at radius 1 is 1.19 bits per heavy atom. The van der Waals surface area contributed by atoms with Crippen LogP contribution in [-0.2, 0) is 26.6 Å². The van der Waals surface area contributed by atoms with Gasteiger partial charge in [-0.05, 0) is 42.7 Å². The van der Waals surface area contributed by atoms with E-state index in [1.807, 2.05) is 0 Å². The summed E-state index contributed by atoms with van der Waals surface area (Å²) in [5, 5.41) is 3.95. The average Bonchev–Trinajstić information content (AvgIpc) is 3.50. The van der Waals surface area contributed by atoms with Crippen molar-refractivity contribution < 1.29 is 35.3 Å². The van der Waals surface area contributed by atoms with Crippen molar-refractivity contribution >= 4 is 33.0 Å². The standard InChI is InChI=1S/C22H17ClF4N4O4S/c23-12-3-1-11(2-4-12)9-31-16-7-13(14(24)8-17(16)36(33,34)10-15(28)19(31)32)18-29-20(35-30-18)21(5-6-21)22(25,26)27/h1-4,7-8,15H,5-6,9-10,28H2/t15-/m0/s1. The number of hydrogen-bond acceptors (Lipinski definition) is 7. The molecule has 1 atom stereocenters. The second kappa shape index (κ2) is 8.25. The summed E-state index contributed by atoms with van der Waals surface area (Å²) in [6.07, 6.45) is -5.12. The minimum Gasteiger partial charge on any atom is -0.338 e. The first-order valence-electron chi connectivity index (χ1n) is 10.6. The third-order valence-corrected chi connectivity index (χ3v) is 8.33. The minimum absolute atomic E-state index is 0.133. The fraction of sp³-hybridized carbons (Fsp3) is 0.318. The summed E-state index contributed by atoms with van der Waals surface area (Å²) in [5.41, 5.74) is 3.50. The zero-order chi connectivity index (χ0) is 26.0. The first kappa shape index (κ1) is 24.7. The van der Waals surface area contributed by atoms with Gasteiger partial charge in [-0.1, -0.05) is 28.9 Å². The van der Waals surface area contributed by atoms with E-state index in [0.717, 1.165) is 11.0 Å². The van der Waals surface area contributed by atoms with Crippen molar-refractivity contribution in [3.05, 3.63) is 58.7 Å². The van der Waals surface area contributed by atoms with Crippen LogP contribution < -0.4 is 10.6 Å². The van der Waals surface area contributed by atoms with Gasteiger partial charge in [0, 0.05) is 5.02 Å². The van der Waals surface area contributed by atoms with E-state index >= 15 is 4.39 Å². The van der Waals surface area contributed by atoms with Crippen LogP contribution in [0.1, 0.15) is 24.3 Å². The predicted octanol–water partition coefficient (Wildman–Crippen LogP) is 3.77. The molecule has 0 spiro atoms. The molecule has 1 amide bonds. The maximum Gasteiger partial charge on any atom is 0.403 e. The summed E-state index contributed by atoms with van der Waals surface area (Å²) in [5.74, 6) is -3.83. The molecule has 14 heteroatoms. The Balaban J connectivity index is 1.63. The average molecular weight is 545 g/mol. The topological polar surface area (TPSA) is 119 Å². The number of halogens is 5. The molecule has 0 bridgehead atoms. The highest BCUT2D eigenvalue weighted by molar-refractivity contribution is 7.91. The van der Waals surface area contributed by atoms with Crippen LogP contribution in [0.15, 0.2) is 45.8 Å². The largest absolute Gasteiger partial charge is 0.403 e. The molecule has 2 heterocycles. The fourth-order valence-electron chi connectivity index (χ4n) is 4.10. The maximum absolute atomic E-state index is 15.1. The Morgan fingerprint density at radius 3 is 2.47 bits per heavy atom. The van der Waals surface area contributed by atoms with Crippen molar-refractivity contribution in [3.8, 4) is 11.4 Å². The number of benzene rings is 2. The Labute approximate surface area is 206 Å². The van der Waals surface area contributed by atoms with Crippen LogP contribution in [0.3, 0.4) is 0 Å². The molecule has 2 aliphatic rings. The molecule has 2 aromatic carbocycles. The van der Waals surface area contributed by atoms with Crippen molar-refractivity contribution in [2.45, 2.75) is 41.9 Å². The van der Waals surface area contributed by atoms with Gasteiger partial charge < -0.3 is 15.2 Å². The lowest BCUT2D eigenvalue weighted by atomic mass is 10.1. The smallest absolute Gasteiger partial charge is 0.338 e. The second-order valence-electron chi connectivity index (χ2n) is 8.74. The first-order valence-corrected chi connectivity index (χ1v) is 12.6. The normalized spacial score (nSPS) is 20.7. The monoisotopic (exact) mass is 544 g/mol. The van der Waals surface area contributed by atoms with E-state index in [1.54, 1.807) is 24.3 Å². The number of sulfone groups is 1. The Kier molecular flexibility index (Phi) is 5.65. The maximum atomic E-state index is 15.1. The van der Waals surface area contributed by atoms with E-state index in [1.165, 1.54) is 0 Å². The molecular formula is C22H17ClF4N4O4S. The molecule has 0 unspecified atom stereocenters. The highest BCUT2D eigenvalue weighted by Gasteiger charge is 2.68. The SMILES string of the molecule is N[C@H]1CS(=O)(=O)c2cc(F)c(-c3noc(C4(C(F)(F)F)CC4)n3)cc2N(Cc2ccc(Cl)cc2)C1=O. The van der Waals surface area contributed by atoms with Gasteiger partial charge in [0.1, 0.15) is 11.2 Å². The highest BCUT2D eigenvalue weighted by atomic mass is 35.5. The number of nitrogens with zero attached hydrogens (tertiary/aromatic N) is 3. The zero-order valence-corrected chi connectivity index (χ0v) is 19.8. The van der Waals surface area contributed by atoms with Gasteiger partial charge in [0.05, 0.1) is 34.5 Å². The van der Waals surface area contributed by atoms with Crippen LogP contribution in [0.5, 0.6) is 0 Å². The van der Waals surface area contributed by atoms with Gasteiger partial charge in [0.2, 0.25) is 17.6 Å². The van der Waals surface area contributed by atoms with Gasteiger partial charge in [0.15, 0.2) is 9.84 Å². The number of alkyl halides is 3. The van der Waals surface area contributed by atoms with E-state index in [4.69, 9.17) is 21.9 Å². The summed E-state index contributed by atoms with van der Waals surface area (Å²) in [6, 6.07) is 6.64. The number of rotatable bonds is 4. The highest BCUT2D eigenvalue weighted by Crippen LogP contribution is 2.58. The van der Waals surface area contributed by atoms with E-state index in [2.05, 4.69) is 10.1 Å². The van der Waals surface area contributed by atoms with Crippen molar-refractivity contribution in [3.63, 3.8) is 0 Å². The Morgan fingerprint density at radius 2 is 1.86 bits per heavy atom. The molecule has 1 aromatic heterocycles. The van der Waals surface area contributed by atoms with E-state index in [9.17, 15) is 26.4 Å². The van der Waals surface area contributed by atoms with Crippen LogP contribution in [0.2, 0.25) is 5.02 Å². The summed E-state index contributed by atoms with van der Waals surface area (Å²) in [7, 11) is -4.20. The number of carbonyl (C=O) groups is 1. The molecule has 8 nitrogen and oxygen atoms in total. The minimum atomic E-state index is -4.63. The van der Waals surface area contributed by atoms with Gasteiger partial charge in [0.25, 0.3) is 0 Å². The number of anilines is 1. The van der Waals surface area contributed by atoms with Crippen LogP contribution in [0, 0.1) is 5.82 Å². The van der Waals surface area contributed by atoms with Crippen molar-refractivity contribution in [2.24, 2.45) is 5.73 Å². The van der Waals surface area contributed by atoms with Crippen LogP contribution in [0.4, 0.5) is 23.2 Å². The molecule has 0 saturated heterocycles. The molecule has 190 valence electrons. The molecule has 1 fully saturated rings. The molecule has 5 rings (SSSR count). The predicted molar refractivity (Wildman–Crippen MR) is 119 cm³/mol. The number of aromatic nitrogens is 2. The lowest BCUT2D eigenvalue weighted by Crippen LogP contribution is -2.45. The quantitative estimate of drug-likeness (QED) is 0.496. The molecule has 3 aromatic rings. The summed E-state index contributed by atoms with van der Waals surface area (Å²) in [6.45, 7) is -0.133. The Hall–Kier alpha value is -3.03. The van der Waals surface area contributed by atoms with E-state index in [0.29, 0.717) is 16.7 Å². The van der Waals surface area contributed by atoms with Crippen LogP contribution in [0.25, 0.3) is 11.4 Å². The molecule has 1 aliphatic carbocycles. The summed E-state index contributed by atoms with van der Waals surface area (Å²) in [4.78, 5) is 17.5. The van der Waals surface area contributed by atoms with Gasteiger partial charge in [-0.25, -0.2) is 12.8 Å². The third-order valence-electron chi connectivity index (χ3n) is 6.28. The van der Waals surface area contributed by atoms with Crippen LogP contribution in [-0.4, -0.2) is 42.4 Å². The summed E-state index contributed by atoms with van der Waals surface area (Å²) >= 11 is 5.91. The van der Waals surface area contributed by atoms with Crippen LogP contribution >= 0.6 is 11.6 Å². The van der Waals surface area contributed by atoms with E-state index < -0.39 is 67.1 Å². The number of amides is 1. The lowest BCUT2D eigenvalue weighted by molar-refractivity contribution is -0.166. The van der Waals surface area contributed by atoms with Crippen molar-refractivity contribution in [1.82, 2.24) is 10.1 Å². The van der Waals surface area contributed by atoms with Gasteiger partial charge in [-0.3, -0.25) is 4.79 Å². The van der Waals surface area contributed by atoms with Gasteiger partial charge >= 0.3 is 6.18 Å². The van der Waals surface area contributed by atoms with E-state index in [-0.39, 0.29) is 25.1 Å². The number of carbonyl (C=O) groups excluding carboxylic acids is 1. The first-order chi connectivity index (χ1) is 16.8. The van der Waals surface area contributed by atoms with Gasteiger partial charge in [-0.15, -0.1) is 0 Å². The zero-order valence-electron chi connectivity index (χ0n) is 18.2. The number of fused-ring (bicyclic) bond motifs is 1. The molecule has 1 saturated carbocycles. The van der Waals surface area contributed by atoms with Crippen molar-refractivity contribution in [1.29, 1.82) is 0 Å². The van der Waals surface area contributed by atoms with Crippen molar-refractivity contribution in [2.75, 3.05) is 10.7 Å². The molecule has 0 radical (unpaired) electrons. The Bertz CT molecular complexity index is 1470. The number of hydrogen-bond donors (Lipinski definition) is 1. The summed E-state index contributed by atoms with van der Waals surface area (Å²) < 4.78 is 86.2. The van der Waals surface area contributed by atoms with Gasteiger partial charge in [-0.2, -0.15) is 18.2 Å². The third kappa shape index (κ3) is 4.04. The lowest BCUT2D eigenvalue weighted by Gasteiger charge is -2.24. The molecular weight excluding hydrogens is 528 g/mol.